The molecule has 0 unspecified atom stereocenters. The van der Waals surface area contributed by atoms with E-state index in [9.17, 15) is 4.79 Å². The molecular weight excluding hydrogens is 226 g/mol. The third-order valence-electron chi connectivity index (χ3n) is 3.09. The quantitative estimate of drug-likeness (QED) is 0.898. The Morgan fingerprint density at radius 2 is 1.83 bits per heavy atom. The van der Waals surface area contributed by atoms with Gasteiger partial charge in [-0.1, -0.05) is 13.8 Å². The first-order valence-electron chi connectivity index (χ1n) is 6.26. The molecule has 94 valence electrons. The number of carbonyl (C=O) groups is 1. The molecule has 0 spiro atoms. The van der Waals surface area contributed by atoms with Crippen LogP contribution in [0.3, 0.4) is 0 Å². The Morgan fingerprint density at radius 1 is 1.17 bits per heavy atom. The molecule has 1 amide bonds. The van der Waals surface area contributed by atoms with Crippen molar-refractivity contribution in [2.45, 2.75) is 26.7 Å². The van der Waals surface area contributed by atoms with Crippen molar-refractivity contribution in [2.75, 3.05) is 5.32 Å². The number of hydrogen-bond donors (Lipinski definition) is 1. The maximum Gasteiger partial charge on any atom is 0.227 e. The number of nitrogens with zero attached hydrogens (tertiary/aromatic N) is 2. The molecule has 0 saturated carbocycles. The van der Waals surface area contributed by atoms with E-state index in [2.05, 4.69) is 15.3 Å². The Morgan fingerprint density at radius 3 is 2.50 bits per heavy atom. The Labute approximate surface area is 106 Å². The van der Waals surface area contributed by atoms with Crippen LogP contribution in [0.2, 0.25) is 0 Å². The van der Waals surface area contributed by atoms with Crippen LogP contribution < -0.4 is 5.32 Å². The molecule has 4 nitrogen and oxygen atoms in total. The number of aromatic nitrogens is 2. The summed E-state index contributed by atoms with van der Waals surface area (Å²) in [5, 5.41) is 2.93. The van der Waals surface area contributed by atoms with Gasteiger partial charge in [0.1, 0.15) is 0 Å². The van der Waals surface area contributed by atoms with Gasteiger partial charge in [-0.25, -0.2) is 0 Å². The molecule has 0 saturated heterocycles. The van der Waals surface area contributed by atoms with Crippen molar-refractivity contribution in [1.29, 1.82) is 0 Å². The second-order valence-corrected chi connectivity index (χ2v) is 4.26. The van der Waals surface area contributed by atoms with Crippen molar-refractivity contribution in [2.24, 2.45) is 5.92 Å². The van der Waals surface area contributed by atoms with Gasteiger partial charge in [-0.3, -0.25) is 14.8 Å². The van der Waals surface area contributed by atoms with E-state index in [-0.39, 0.29) is 11.8 Å². The summed E-state index contributed by atoms with van der Waals surface area (Å²) in [6.07, 6.45) is 5.02. The summed E-state index contributed by atoms with van der Waals surface area (Å²) in [4.78, 5) is 20.4. The SMILES string of the molecule is CCC(CC)C(=O)Nc1ccc2nccnc2c1. The van der Waals surface area contributed by atoms with Gasteiger partial charge in [0.15, 0.2) is 0 Å². The lowest BCUT2D eigenvalue weighted by atomic mass is 10.0. The molecule has 0 bridgehead atoms. The zero-order chi connectivity index (χ0) is 13.0. The van der Waals surface area contributed by atoms with Crippen molar-refractivity contribution in [3.05, 3.63) is 30.6 Å². The highest BCUT2D eigenvalue weighted by Gasteiger charge is 2.14. The molecular formula is C14H17N3O. The topological polar surface area (TPSA) is 54.9 Å². The van der Waals surface area contributed by atoms with Gasteiger partial charge in [0.2, 0.25) is 5.91 Å². The highest BCUT2D eigenvalue weighted by atomic mass is 16.1. The highest BCUT2D eigenvalue weighted by Crippen LogP contribution is 2.17. The van der Waals surface area contributed by atoms with Crippen LogP contribution in [0.1, 0.15) is 26.7 Å². The van der Waals surface area contributed by atoms with E-state index >= 15 is 0 Å². The van der Waals surface area contributed by atoms with Crippen LogP contribution in [0, 0.1) is 5.92 Å². The van der Waals surface area contributed by atoms with Crippen LogP contribution >= 0.6 is 0 Å². The van der Waals surface area contributed by atoms with Gasteiger partial charge in [0.25, 0.3) is 0 Å². The van der Waals surface area contributed by atoms with Crippen LogP contribution in [0.5, 0.6) is 0 Å². The summed E-state index contributed by atoms with van der Waals surface area (Å²) in [6, 6.07) is 5.57. The van der Waals surface area contributed by atoms with Crippen molar-refractivity contribution >= 4 is 22.6 Å². The molecule has 0 aliphatic rings. The van der Waals surface area contributed by atoms with Gasteiger partial charge < -0.3 is 5.32 Å². The third kappa shape index (κ3) is 2.64. The average Bonchev–Trinajstić information content (AvgIpc) is 2.40. The van der Waals surface area contributed by atoms with Crippen LogP contribution in [-0.4, -0.2) is 15.9 Å². The second-order valence-electron chi connectivity index (χ2n) is 4.26. The molecule has 18 heavy (non-hydrogen) atoms. The normalized spacial score (nSPS) is 10.8. The first kappa shape index (κ1) is 12.5. The highest BCUT2D eigenvalue weighted by molar-refractivity contribution is 5.94. The zero-order valence-corrected chi connectivity index (χ0v) is 10.7. The van der Waals surface area contributed by atoms with Gasteiger partial charge in [-0.2, -0.15) is 0 Å². The monoisotopic (exact) mass is 243 g/mol. The van der Waals surface area contributed by atoms with Crippen molar-refractivity contribution in [1.82, 2.24) is 9.97 Å². The summed E-state index contributed by atoms with van der Waals surface area (Å²) in [5.74, 6) is 0.144. The third-order valence-corrected chi connectivity index (χ3v) is 3.09. The molecule has 0 atom stereocenters. The van der Waals surface area contributed by atoms with E-state index in [1.54, 1.807) is 12.4 Å². The predicted molar refractivity (Wildman–Crippen MR) is 72.2 cm³/mol. The fourth-order valence-electron chi connectivity index (χ4n) is 1.94. The molecule has 1 aromatic heterocycles. The van der Waals surface area contributed by atoms with Crippen LogP contribution in [0.15, 0.2) is 30.6 Å². The smallest absolute Gasteiger partial charge is 0.227 e. The van der Waals surface area contributed by atoms with Gasteiger partial charge in [-0.05, 0) is 31.0 Å². The van der Waals surface area contributed by atoms with E-state index in [1.165, 1.54) is 0 Å². The molecule has 0 aliphatic carbocycles. The predicted octanol–water partition coefficient (Wildman–Crippen LogP) is 3.00. The van der Waals surface area contributed by atoms with Crippen LogP contribution in [-0.2, 0) is 4.79 Å². The lowest BCUT2D eigenvalue weighted by Gasteiger charge is -2.12. The summed E-state index contributed by atoms with van der Waals surface area (Å²) < 4.78 is 0. The van der Waals surface area contributed by atoms with E-state index in [0.717, 1.165) is 29.6 Å². The zero-order valence-electron chi connectivity index (χ0n) is 10.7. The van der Waals surface area contributed by atoms with Crippen molar-refractivity contribution in [3.8, 4) is 0 Å². The van der Waals surface area contributed by atoms with Gasteiger partial charge in [-0.15, -0.1) is 0 Å². The van der Waals surface area contributed by atoms with Gasteiger partial charge in [0.05, 0.1) is 11.0 Å². The van der Waals surface area contributed by atoms with E-state index in [1.807, 2.05) is 32.0 Å². The Hall–Kier alpha value is -1.97. The molecule has 4 heteroatoms. The number of anilines is 1. The van der Waals surface area contributed by atoms with Crippen molar-refractivity contribution in [3.63, 3.8) is 0 Å². The maximum atomic E-state index is 12.0. The molecule has 2 aromatic rings. The average molecular weight is 243 g/mol. The number of carbonyl (C=O) groups excluding carboxylic acids is 1. The molecule has 0 aliphatic heterocycles. The first-order valence-corrected chi connectivity index (χ1v) is 6.26. The molecule has 1 aromatic carbocycles. The first-order chi connectivity index (χ1) is 8.74. The second kappa shape index (κ2) is 5.58. The van der Waals surface area contributed by atoms with Crippen LogP contribution in [0.25, 0.3) is 11.0 Å². The number of fused-ring (bicyclic) bond motifs is 1. The maximum absolute atomic E-state index is 12.0. The number of hydrogen-bond acceptors (Lipinski definition) is 3. The van der Waals surface area contributed by atoms with Gasteiger partial charge >= 0.3 is 0 Å². The van der Waals surface area contributed by atoms with E-state index in [4.69, 9.17) is 0 Å². The summed E-state index contributed by atoms with van der Waals surface area (Å²) in [6.45, 7) is 4.05. The minimum absolute atomic E-state index is 0.0718. The molecule has 0 radical (unpaired) electrons. The summed E-state index contributed by atoms with van der Waals surface area (Å²) in [5.41, 5.74) is 2.40. The summed E-state index contributed by atoms with van der Waals surface area (Å²) >= 11 is 0. The molecule has 2 rings (SSSR count). The lowest BCUT2D eigenvalue weighted by Crippen LogP contribution is -2.21. The van der Waals surface area contributed by atoms with Crippen LogP contribution in [0.4, 0.5) is 5.69 Å². The molecule has 1 heterocycles. The number of nitrogens with one attached hydrogen (secondary N) is 1. The number of benzene rings is 1. The minimum Gasteiger partial charge on any atom is -0.326 e. The van der Waals surface area contributed by atoms with E-state index in [0.29, 0.717) is 0 Å². The van der Waals surface area contributed by atoms with Crippen molar-refractivity contribution < 1.29 is 4.79 Å². The fraction of sp³-hybridized carbons (Fsp3) is 0.357. The van der Waals surface area contributed by atoms with Gasteiger partial charge in [0, 0.05) is 24.0 Å². The standard InChI is InChI=1S/C14H17N3O/c1-3-10(4-2)14(18)17-11-5-6-12-13(9-11)16-8-7-15-12/h5-10H,3-4H2,1-2H3,(H,17,18). The van der Waals surface area contributed by atoms with E-state index < -0.39 is 0 Å². The minimum atomic E-state index is 0.0718. The molecule has 1 N–H and O–H groups in total. The largest absolute Gasteiger partial charge is 0.326 e. The summed E-state index contributed by atoms with van der Waals surface area (Å²) in [7, 11) is 0. The fourth-order valence-corrected chi connectivity index (χ4v) is 1.94. The molecule has 0 fully saturated rings. The lowest BCUT2D eigenvalue weighted by molar-refractivity contribution is -0.120. The number of rotatable bonds is 4. The Kier molecular flexibility index (Phi) is 3.87. The Balaban J connectivity index is 2.19. The number of amides is 1. The Bertz CT molecular complexity index is 549.